The molecule has 8 heteroatoms. The number of nitrogens with zero attached hydrogens (tertiary/aromatic N) is 4. The lowest BCUT2D eigenvalue weighted by molar-refractivity contribution is 0.0600. The lowest BCUT2D eigenvalue weighted by Crippen LogP contribution is -2.01. The number of benzene rings is 1. The van der Waals surface area contributed by atoms with Gasteiger partial charge in [-0.3, -0.25) is 0 Å². The molecule has 3 rings (SSSR count). The van der Waals surface area contributed by atoms with Crippen LogP contribution < -0.4 is 5.32 Å². The highest BCUT2D eigenvalue weighted by Gasteiger charge is 2.18. The molecule has 0 atom stereocenters. The summed E-state index contributed by atoms with van der Waals surface area (Å²) in [7, 11) is 1.31. The van der Waals surface area contributed by atoms with Crippen LogP contribution in [0.1, 0.15) is 21.5 Å². The van der Waals surface area contributed by atoms with Gasteiger partial charge in [-0.1, -0.05) is 0 Å². The van der Waals surface area contributed by atoms with E-state index in [4.69, 9.17) is 10.00 Å². The van der Waals surface area contributed by atoms with Crippen LogP contribution in [-0.4, -0.2) is 32.8 Å². The Labute approximate surface area is 136 Å². The molecular formula is C16H13N5O3. The molecule has 0 spiro atoms. The Morgan fingerprint density at radius 3 is 2.92 bits per heavy atom. The van der Waals surface area contributed by atoms with Gasteiger partial charge in [0.15, 0.2) is 5.82 Å². The van der Waals surface area contributed by atoms with E-state index in [-0.39, 0.29) is 11.3 Å². The minimum absolute atomic E-state index is 0.130. The van der Waals surface area contributed by atoms with Crippen LogP contribution in [0, 0.1) is 18.3 Å². The Morgan fingerprint density at radius 1 is 1.46 bits per heavy atom. The first-order chi connectivity index (χ1) is 11.5. The van der Waals surface area contributed by atoms with E-state index in [9.17, 15) is 9.90 Å². The molecule has 2 heterocycles. The summed E-state index contributed by atoms with van der Waals surface area (Å²) in [6, 6.07) is 6.47. The Bertz CT molecular complexity index is 987. The lowest BCUT2D eigenvalue weighted by Gasteiger charge is -2.08. The van der Waals surface area contributed by atoms with Gasteiger partial charge in [-0.15, -0.1) is 0 Å². The maximum Gasteiger partial charge on any atom is 0.339 e. The van der Waals surface area contributed by atoms with E-state index in [1.165, 1.54) is 30.1 Å². The molecule has 0 saturated carbocycles. The highest BCUT2D eigenvalue weighted by Crippen LogP contribution is 2.28. The van der Waals surface area contributed by atoms with Crippen molar-refractivity contribution >= 4 is 23.0 Å². The summed E-state index contributed by atoms with van der Waals surface area (Å²) >= 11 is 0. The number of nitrogens with one attached hydrogen (secondary N) is 1. The van der Waals surface area contributed by atoms with Gasteiger partial charge < -0.3 is 15.2 Å². The highest BCUT2D eigenvalue weighted by molar-refractivity contribution is 5.95. The standard InChI is InChI=1S/C16H13N5O3/c1-9-12(16(23)24-2)7-21-14(9)15(18-8-19-21)20-11-4-3-10(6-17)13(22)5-11/h3-5,7-8,22H,1-2H3,(H,18,19,20). The Balaban J connectivity index is 2.07. The fraction of sp³-hybridized carbons (Fsp3) is 0.125. The quantitative estimate of drug-likeness (QED) is 0.710. The molecule has 1 aromatic carbocycles. The average Bonchev–Trinajstić information content (AvgIpc) is 2.92. The molecule has 0 saturated heterocycles. The molecular weight excluding hydrogens is 310 g/mol. The van der Waals surface area contributed by atoms with Crippen LogP contribution in [0.4, 0.5) is 11.5 Å². The zero-order valence-corrected chi connectivity index (χ0v) is 12.9. The van der Waals surface area contributed by atoms with E-state index in [0.717, 1.165) is 0 Å². The van der Waals surface area contributed by atoms with E-state index >= 15 is 0 Å². The number of phenols is 1. The summed E-state index contributed by atoms with van der Waals surface area (Å²) in [6.07, 6.45) is 2.92. The average molecular weight is 323 g/mol. The third-order valence-corrected chi connectivity index (χ3v) is 3.61. The maximum absolute atomic E-state index is 11.8. The van der Waals surface area contributed by atoms with Crippen molar-refractivity contribution in [3.63, 3.8) is 0 Å². The summed E-state index contributed by atoms with van der Waals surface area (Å²) in [5, 5.41) is 25.8. The number of methoxy groups -OCH3 is 1. The molecule has 3 aromatic rings. The van der Waals surface area contributed by atoms with Crippen LogP contribution in [0.25, 0.3) is 5.52 Å². The molecule has 0 radical (unpaired) electrons. The number of nitriles is 1. The Kier molecular flexibility index (Phi) is 3.75. The first-order valence-electron chi connectivity index (χ1n) is 6.96. The van der Waals surface area contributed by atoms with Crippen LogP contribution in [-0.2, 0) is 4.74 Å². The summed E-state index contributed by atoms with van der Waals surface area (Å²) < 4.78 is 6.29. The number of carbonyl (C=O) groups is 1. The molecule has 0 fully saturated rings. The van der Waals surface area contributed by atoms with Gasteiger partial charge in [0, 0.05) is 18.0 Å². The van der Waals surface area contributed by atoms with Gasteiger partial charge in [0.1, 0.15) is 23.7 Å². The fourth-order valence-corrected chi connectivity index (χ4v) is 2.41. The topological polar surface area (TPSA) is 113 Å². The third-order valence-electron chi connectivity index (χ3n) is 3.61. The Hall–Kier alpha value is -3.60. The number of anilines is 2. The second kappa shape index (κ2) is 5.89. The van der Waals surface area contributed by atoms with Crippen molar-refractivity contribution in [1.82, 2.24) is 14.6 Å². The predicted molar refractivity (Wildman–Crippen MR) is 85.2 cm³/mol. The molecule has 2 N–H and O–H groups in total. The van der Waals surface area contributed by atoms with Gasteiger partial charge in [0.05, 0.1) is 18.2 Å². The van der Waals surface area contributed by atoms with Crippen molar-refractivity contribution < 1.29 is 14.6 Å². The predicted octanol–water partition coefficient (Wildman–Crippen LogP) is 2.15. The number of phenolic OH excluding ortho intramolecular Hbond substituents is 1. The molecule has 0 bridgehead atoms. The number of aromatic nitrogens is 3. The zero-order valence-electron chi connectivity index (χ0n) is 12.9. The molecule has 0 unspecified atom stereocenters. The number of hydrogen-bond acceptors (Lipinski definition) is 7. The van der Waals surface area contributed by atoms with Gasteiger partial charge in [-0.2, -0.15) is 10.4 Å². The minimum atomic E-state index is -0.458. The molecule has 8 nitrogen and oxygen atoms in total. The summed E-state index contributed by atoms with van der Waals surface area (Å²) in [6.45, 7) is 1.77. The van der Waals surface area contributed by atoms with E-state index < -0.39 is 5.97 Å². The number of aromatic hydroxyl groups is 1. The maximum atomic E-state index is 11.8. The van der Waals surface area contributed by atoms with Crippen molar-refractivity contribution in [2.24, 2.45) is 0 Å². The second-order valence-corrected chi connectivity index (χ2v) is 5.03. The number of rotatable bonds is 3. The highest BCUT2D eigenvalue weighted by atomic mass is 16.5. The molecule has 2 aromatic heterocycles. The number of fused-ring (bicyclic) bond motifs is 1. The van der Waals surface area contributed by atoms with E-state index in [2.05, 4.69) is 15.4 Å². The van der Waals surface area contributed by atoms with Crippen LogP contribution in [0.3, 0.4) is 0 Å². The number of carbonyl (C=O) groups excluding carboxylic acids is 1. The van der Waals surface area contributed by atoms with Gasteiger partial charge in [0.25, 0.3) is 0 Å². The number of ether oxygens (including phenoxy) is 1. The molecule has 0 aliphatic heterocycles. The van der Waals surface area contributed by atoms with Crippen molar-refractivity contribution in [1.29, 1.82) is 5.26 Å². The van der Waals surface area contributed by atoms with E-state index in [0.29, 0.717) is 28.1 Å². The number of esters is 1. The Morgan fingerprint density at radius 2 is 2.25 bits per heavy atom. The normalized spacial score (nSPS) is 10.4. The van der Waals surface area contributed by atoms with Gasteiger partial charge in [0.2, 0.25) is 0 Å². The van der Waals surface area contributed by atoms with Crippen molar-refractivity contribution in [3.05, 3.63) is 47.4 Å². The van der Waals surface area contributed by atoms with Crippen molar-refractivity contribution in [3.8, 4) is 11.8 Å². The van der Waals surface area contributed by atoms with Crippen LogP contribution in [0.15, 0.2) is 30.7 Å². The fourth-order valence-electron chi connectivity index (χ4n) is 2.41. The SMILES string of the molecule is COC(=O)c1cn2ncnc(Nc3ccc(C#N)c(O)c3)c2c1C. The second-order valence-electron chi connectivity index (χ2n) is 5.03. The smallest absolute Gasteiger partial charge is 0.339 e. The van der Waals surface area contributed by atoms with E-state index in [1.54, 1.807) is 19.2 Å². The summed E-state index contributed by atoms with van der Waals surface area (Å²) in [5.74, 6) is -0.128. The first kappa shape index (κ1) is 15.3. The van der Waals surface area contributed by atoms with Crippen LogP contribution in [0.5, 0.6) is 5.75 Å². The minimum Gasteiger partial charge on any atom is -0.506 e. The lowest BCUT2D eigenvalue weighted by atomic mass is 10.2. The molecule has 0 amide bonds. The zero-order chi connectivity index (χ0) is 17.3. The van der Waals surface area contributed by atoms with Crippen molar-refractivity contribution in [2.75, 3.05) is 12.4 Å². The molecule has 24 heavy (non-hydrogen) atoms. The largest absolute Gasteiger partial charge is 0.506 e. The monoisotopic (exact) mass is 323 g/mol. The van der Waals surface area contributed by atoms with Gasteiger partial charge in [-0.25, -0.2) is 14.3 Å². The summed E-state index contributed by atoms with van der Waals surface area (Å²) in [4.78, 5) is 16.0. The van der Waals surface area contributed by atoms with Crippen molar-refractivity contribution in [2.45, 2.75) is 6.92 Å². The number of hydrogen-bond donors (Lipinski definition) is 2. The van der Waals surface area contributed by atoms with Gasteiger partial charge in [-0.05, 0) is 24.6 Å². The third kappa shape index (κ3) is 2.48. The number of aryl methyl sites for hydroxylation is 1. The van der Waals surface area contributed by atoms with Crippen LogP contribution >= 0.6 is 0 Å². The van der Waals surface area contributed by atoms with E-state index in [1.807, 2.05) is 6.07 Å². The summed E-state index contributed by atoms with van der Waals surface area (Å²) in [5.41, 5.74) is 2.40. The molecule has 120 valence electrons. The molecule has 0 aliphatic rings. The first-order valence-corrected chi connectivity index (χ1v) is 6.96. The van der Waals surface area contributed by atoms with Gasteiger partial charge >= 0.3 is 5.97 Å². The van der Waals surface area contributed by atoms with Crippen LogP contribution in [0.2, 0.25) is 0 Å². The molecule has 0 aliphatic carbocycles.